The average molecular weight is 313 g/mol. The third-order valence-electron chi connectivity index (χ3n) is 2.92. The molecule has 0 spiro atoms. The van der Waals surface area contributed by atoms with Gasteiger partial charge in [-0.15, -0.1) is 0 Å². The first-order valence-electron chi connectivity index (χ1n) is 6.53. The van der Waals surface area contributed by atoms with Crippen LogP contribution >= 0.6 is 23.8 Å². The van der Waals surface area contributed by atoms with Gasteiger partial charge in [0.05, 0.1) is 17.0 Å². The molecule has 0 radical (unpaired) electrons. The predicted molar refractivity (Wildman–Crippen MR) is 84.1 cm³/mol. The van der Waals surface area contributed by atoms with Gasteiger partial charge in [-0.3, -0.25) is 9.36 Å². The Morgan fingerprint density at radius 3 is 2.90 bits per heavy atom. The van der Waals surface area contributed by atoms with Gasteiger partial charge in [-0.1, -0.05) is 11.6 Å². The molecule has 1 heterocycles. The number of rotatable bonds is 5. The van der Waals surface area contributed by atoms with Gasteiger partial charge >= 0.3 is 0 Å². The monoisotopic (exact) mass is 312 g/mol. The highest BCUT2D eigenvalue weighted by Gasteiger charge is 2.06. The average Bonchev–Trinajstić information content (AvgIpc) is 2.38. The molecule has 2 rings (SSSR count). The molecule has 20 heavy (non-hydrogen) atoms. The fourth-order valence-corrected chi connectivity index (χ4v) is 2.42. The highest BCUT2D eigenvalue weighted by Crippen LogP contribution is 2.14. The molecule has 0 bridgehead atoms. The van der Waals surface area contributed by atoms with E-state index in [0.29, 0.717) is 33.8 Å². The fraction of sp³-hybridized carbons (Fsp3) is 0.429. The van der Waals surface area contributed by atoms with Gasteiger partial charge in [-0.2, -0.15) is 0 Å². The zero-order chi connectivity index (χ0) is 14.7. The molecule has 0 amide bonds. The first kappa shape index (κ1) is 15.2. The zero-order valence-corrected chi connectivity index (χ0v) is 13.1. The lowest BCUT2D eigenvalue weighted by Gasteiger charge is -2.10. The van der Waals surface area contributed by atoms with Crippen molar-refractivity contribution in [1.82, 2.24) is 9.55 Å². The molecule has 6 heteroatoms. The molecule has 108 valence electrons. The van der Waals surface area contributed by atoms with E-state index in [1.165, 1.54) is 0 Å². The van der Waals surface area contributed by atoms with Crippen LogP contribution in [0.4, 0.5) is 0 Å². The molecule has 0 unspecified atom stereocenters. The standard InChI is InChI=1S/C14H17ClN2O2S/c1-9(2)19-7-3-6-17-13(18)11-8-10(15)4-5-12(11)16-14(17)20/h4-5,8-9H,3,6-7H2,1-2H3,(H,16,20). The van der Waals surface area contributed by atoms with E-state index >= 15 is 0 Å². The van der Waals surface area contributed by atoms with E-state index in [2.05, 4.69) is 4.98 Å². The Hall–Kier alpha value is -1.17. The topological polar surface area (TPSA) is 47.0 Å². The van der Waals surface area contributed by atoms with Gasteiger partial charge < -0.3 is 9.72 Å². The SMILES string of the molecule is CC(C)OCCCn1c(=S)[nH]c2ccc(Cl)cc2c1=O. The third kappa shape index (κ3) is 3.48. The first-order valence-corrected chi connectivity index (χ1v) is 7.31. The van der Waals surface area contributed by atoms with Gasteiger partial charge in [-0.25, -0.2) is 0 Å². The second kappa shape index (κ2) is 6.52. The molecule has 0 aliphatic rings. The molecule has 0 aliphatic heterocycles. The van der Waals surface area contributed by atoms with Crippen molar-refractivity contribution in [3.05, 3.63) is 38.3 Å². The van der Waals surface area contributed by atoms with Gasteiger partial charge in [-0.05, 0) is 50.7 Å². The maximum Gasteiger partial charge on any atom is 0.262 e. The quantitative estimate of drug-likeness (QED) is 0.678. The summed E-state index contributed by atoms with van der Waals surface area (Å²) in [6, 6.07) is 5.15. The van der Waals surface area contributed by atoms with Crippen LogP contribution in [0.5, 0.6) is 0 Å². The van der Waals surface area contributed by atoms with E-state index in [0.717, 1.165) is 6.42 Å². The maximum atomic E-state index is 12.4. The van der Waals surface area contributed by atoms with Crippen molar-refractivity contribution in [2.45, 2.75) is 32.9 Å². The Labute approximate surface area is 127 Å². The van der Waals surface area contributed by atoms with Crippen LogP contribution in [0.3, 0.4) is 0 Å². The summed E-state index contributed by atoms with van der Waals surface area (Å²) in [5.41, 5.74) is 0.592. The number of nitrogens with zero attached hydrogens (tertiary/aromatic N) is 1. The highest BCUT2D eigenvalue weighted by molar-refractivity contribution is 7.71. The number of benzene rings is 1. The summed E-state index contributed by atoms with van der Waals surface area (Å²) in [7, 11) is 0. The first-order chi connectivity index (χ1) is 9.49. The minimum atomic E-state index is -0.115. The van der Waals surface area contributed by atoms with Crippen LogP contribution in [0, 0.1) is 4.77 Å². The van der Waals surface area contributed by atoms with E-state index in [4.69, 9.17) is 28.6 Å². The van der Waals surface area contributed by atoms with Crippen molar-refractivity contribution >= 4 is 34.7 Å². The summed E-state index contributed by atoms with van der Waals surface area (Å²) in [4.78, 5) is 15.5. The van der Waals surface area contributed by atoms with Crippen molar-refractivity contribution in [2.24, 2.45) is 0 Å². The highest BCUT2D eigenvalue weighted by atomic mass is 35.5. The summed E-state index contributed by atoms with van der Waals surface area (Å²) >= 11 is 11.2. The van der Waals surface area contributed by atoms with Crippen LogP contribution in [-0.4, -0.2) is 22.3 Å². The van der Waals surface area contributed by atoms with Gasteiger partial charge in [0, 0.05) is 18.2 Å². The Kier molecular flexibility index (Phi) is 4.96. The molecule has 4 nitrogen and oxygen atoms in total. The normalized spacial score (nSPS) is 11.4. The number of H-pyrrole nitrogens is 1. The number of nitrogens with one attached hydrogen (secondary N) is 1. The number of ether oxygens (including phenoxy) is 1. The molecular formula is C14H17ClN2O2S. The van der Waals surface area contributed by atoms with Crippen LogP contribution in [0.1, 0.15) is 20.3 Å². The number of aromatic amines is 1. The Balaban J connectivity index is 2.29. The molecule has 2 aromatic rings. The molecule has 0 aliphatic carbocycles. The van der Waals surface area contributed by atoms with E-state index in [1.54, 1.807) is 22.8 Å². The molecule has 0 saturated heterocycles. The number of hydrogen-bond donors (Lipinski definition) is 1. The number of fused-ring (bicyclic) bond motifs is 1. The number of halogens is 1. The molecule has 1 N–H and O–H groups in total. The largest absolute Gasteiger partial charge is 0.379 e. The van der Waals surface area contributed by atoms with E-state index in [1.807, 2.05) is 13.8 Å². The molecule has 0 atom stereocenters. The van der Waals surface area contributed by atoms with Crippen molar-refractivity contribution in [3.8, 4) is 0 Å². The second-order valence-corrected chi connectivity index (χ2v) is 5.67. The number of hydrogen-bond acceptors (Lipinski definition) is 3. The minimum absolute atomic E-state index is 0.115. The Bertz CT molecular complexity index is 721. The minimum Gasteiger partial charge on any atom is -0.379 e. The zero-order valence-electron chi connectivity index (χ0n) is 11.5. The van der Waals surface area contributed by atoms with Crippen LogP contribution in [0.15, 0.2) is 23.0 Å². The van der Waals surface area contributed by atoms with E-state index in [-0.39, 0.29) is 11.7 Å². The van der Waals surface area contributed by atoms with E-state index in [9.17, 15) is 4.79 Å². The summed E-state index contributed by atoms with van der Waals surface area (Å²) in [6.07, 6.45) is 0.929. The van der Waals surface area contributed by atoms with Crippen molar-refractivity contribution < 1.29 is 4.74 Å². The molecule has 0 fully saturated rings. The maximum absolute atomic E-state index is 12.4. The van der Waals surface area contributed by atoms with Crippen LogP contribution in [0.25, 0.3) is 10.9 Å². The second-order valence-electron chi connectivity index (χ2n) is 4.85. The lowest BCUT2D eigenvalue weighted by Crippen LogP contribution is -2.23. The summed E-state index contributed by atoms with van der Waals surface area (Å²) in [6.45, 7) is 5.10. The van der Waals surface area contributed by atoms with Crippen molar-refractivity contribution in [2.75, 3.05) is 6.61 Å². The molecule has 0 saturated carbocycles. The van der Waals surface area contributed by atoms with Gasteiger partial charge in [0.25, 0.3) is 5.56 Å². The third-order valence-corrected chi connectivity index (χ3v) is 3.48. The fourth-order valence-electron chi connectivity index (χ4n) is 1.97. The summed E-state index contributed by atoms with van der Waals surface area (Å²) in [5.74, 6) is 0. The van der Waals surface area contributed by atoms with Crippen LogP contribution < -0.4 is 5.56 Å². The summed E-state index contributed by atoms with van der Waals surface area (Å²) in [5, 5.41) is 1.09. The Morgan fingerprint density at radius 1 is 1.45 bits per heavy atom. The number of aromatic nitrogens is 2. The van der Waals surface area contributed by atoms with Crippen molar-refractivity contribution in [3.63, 3.8) is 0 Å². The van der Waals surface area contributed by atoms with Crippen molar-refractivity contribution in [1.29, 1.82) is 0 Å². The predicted octanol–water partition coefficient (Wildman–Crippen LogP) is 3.53. The van der Waals surface area contributed by atoms with E-state index < -0.39 is 0 Å². The van der Waals surface area contributed by atoms with Gasteiger partial charge in [0.15, 0.2) is 4.77 Å². The Morgan fingerprint density at radius 2 is 2.20 bits per heavy atom. The van der Waals surface area contributed by atoms with Gasteiger partial charge in [0.1, 0.15) is 0 Å². The van der Waals surface area contributed by atoms with Crippen LogP contribution in [-0.2, 0) is 11.3 Å². The van der Waals surface area contributed by atoms with Gasteiger partial charge in [0.2, 0.25) is 0 Å². The molecule has 1 aromatic heterocycles. The lowest BCUT2D eigenvalue weighted by molar-refractivity contribution is 0.0746. The lowest BCUT2D eigenvalue weighted by atomic mass is 10.2. The molecular weight excluding hydrogens is 296 g/mol. The molecule has 1 aromatic carbocycles. The van der Waals surface area contributed by atoms with Crippen LogP contribution in [0.2, 0.25) is 5.02 Å². The summed E-state index contributed by atoms with van der Waals surface area (Å²) < 4.78 is 7.45. The smallest absolute Gasteiger partial charge is 0.262 e.